The van der Waals surface area contributed by atoms with Crippen LogP contribution >= 0.6 is 39.3 Å². The van der Waals surface area contributed by atoms with Crippen LogP contribution in [-0.2, 0) is 21.9 Å². The smallest absolute Gasteiger partial charge is 0.242 e. The molecule has 0 aliphatic heterocycles. The first kappa shape index (κ1) is 25.1. The standard InChI is InChI=1S/C25H30BrClN2O2S/c1-18(25(31)28-23-5-3-2-4-6-23)29(15-19-9-13-22(27)14-10-19)24(30)17-32-16-20-7-11-21(26)12-8-20/h7-14,18,23H,2-6,15-17H2,1H3,(H,28,31)/t18-/m1/s1. The van der Waals surface area contributed by atoms with E-state index in [2.05, 4.69) is 21.2 Å². The summed E-state index contributed by atoms with van der Waals surface area (Å²) in [5.41, 5.74) is 2.12. The van der Waals surface area contributed by atoms with Crippen LogP contribution < -0.4 is 5.32 Å². The third-order valence-electron chi connectivity index (χ3n) is 5.79. The zero-order valence-corrected chi connectivity index (χ0v) is 21.5. The summed E-state index contributed by atoms with van der Waals surface area (Å²) in [6, 6.07) is 15.2. The number of nitrogens with zero attached hydrogens (tertiary/aromatic N) is 1. The number of thioether (sulfide) groups is 1. The topological polar surface area (TPSA) is 49.4 Å². The molecule has 1 aliphatic rings. The summed E-state index contributed by atoms with van der Waals surface area (Å²) in [5, 5.41) is 3.82. The zero-order chi connectivity index (χ0) is 22.9. The molecule has 2 aromatic rings. The van der Waals surface area contributed by atoms with Crippen LogP contribution in [0.1, 0.15) is 50.2 Å². The van der Waals surface area contributed by atoms with Crippen LogP contribution in [0.4, 0.5) is 0 Å². The second-order valence-corrected chi connectivity index (χ2v) is 10.6. The predicted octanol–water partition coefficient (Wildman–Crippen LogP) is 6.20. The molecule has 2 aromatic carbocycles. The fourth-order valence-corrected chi connectivity index (χ4v) is 5.12. The Hall–Kier alpha value is -1.50. The van der Waals surface area contributed by atoms with E-state index in [1.54, 1.807) is 16.7 Å². The molecule has 0 heterocycles. The Morgan fingerprint density at radius 3 is 2.34 bits per heavy atom. The van der Waals surface area contributed by atoms with E-state index in [9.17, 15) is 9.59 Å². The van der Waals surface area contributed by atoms with E-state index in [1.165, 1.54) is 12.0 Å². The summed E-state index contributed by atoms with van der Waals surface area (Å²) in [5.74, 6) is 0.965. The van der Waals surface area contributed by atoms with Crippen LogP contribution in [-0.4, -0.2) is 34.6 Å². The van der Waals surface area contributed by atoms with E-state index in [1.807, 2.05) is 55.5 Å². The van der Waals surface area contributed by atoms with E-state index < -0.39 is 6.04 Å². The van der Waals surface area contributed by atoms with Crippen molar-refractivity contribution in [2.75, 3.05) is 5.75 Å². The molecular weight excluding hydrogens is 508 g/mol. The Morgan fingerprint density at radius 2 is 1.69 bits per heavy atom. The maximum atomic E-state index is 13.2. The minimum absolute atomic E-state index is 0.0339. The van der Waals surface area contributed by atoms with Gasteiger partial charge in [-0.1, -0.05) is 71.1 Å². The highest BCUT2D eigenvalue weighted by atomic mass is 79.9. The van der Waals surface area contributed by atoms with Crippen LogP contribution in [0.25, 0.3) is 0 Å². The maximum absolute atomic E-state index is 13.2. The molecule has 2 amide bonds. The molecule has 7 heteroatoms. The van der Waals surface area contributed by atoms with E-state index in [0.717, 1.165) is 41.5 Å². The zero-order valence-electron chi connectivity index (χ0n) is 18.4. The van der Waals surface area contributed by atoms with Crippen molar-refractivity contribution < 1.29 is 9.59 Å². The highest BCUT2D eigenvalue weighted by Crippen LogP contribution is 2.20. The number of benzene rings is 2. The number of carbonyl (C=O) groups is 2. The summed E-state index contributed by atoms with van der Waals surface area (Å²) in [6.07, 6.45) is 5.58. The monoisotopic (exact) mass is 536 g/mol. The first-order valence-electron chi connectivity index (χ1n) is 11.1. The number of nitrogens with one attached hydrogen (secondary N) is 1. The van der Waals surface area contributed by atoms with Crippen molar-refractivity contribution in [3.8, 4) is 0 Å². The van der Waals surface area contributed by atoms with Crippen molar-refractivity contribution in [1.82, 2.24) is 10.2 Å². The molecule has 4 nitrogen and oxygen atoms in total. The molecule has 1 aliphatic carbocycles. The fraction of sp³-hybridized carbons (Fsp3) is 0.440. The summed E-state index contributed by atoms with van der Waals surface area (Å²) >= 11 is 11.0. The fourth-order valence-electron chi connectivity index (χ4n) is 3.86. The molecule has 0 spiro atoms. The van der Waals surface area contributed by atoms with E-state index >= 15 is 0 Å². The number of rotatable bonds is 9. The van der Waals surface area contributed by atoms with Crippen molar-refractivity contribution in [2.24, 2.45) is 0 Å². The van der Waals surface area contributed by atoms with Crippen molar-refractivity contribution in [2.45, 2.75) is 63.4 Å². The molecule has 0 unspecified atom stereocenters. The van der Waals surface area contributed by atoms with Gasteiger partial charge in [-0.3, -0.25) is 9.59 Å². The highest BCUT2D eigenvalue weighted by molar-refractivity contribution is 9.10. The van der Waals surface area contributed by atoms with Crippen molar-refractivity contribution in [3.63, 3.8) is 0 Å². The number of carbonyl (C=O) groups excluding carboxylic acids is 2. The van der Waals surface area contributed by atoms with Crippen LogP contribution in [0.5, 0.6) is 0 Å². The molecule has 3 rings (SSSR count). The molecule has 0 saturated heterocycles. The molecular formula is C25H30BrClN2O2S. The van der Waals surface area contributed by atoms with Gasteiger partial charge in [-0.2, -0.15) is 0 Å². The lowest BCUT2D eigenvalue weighted by molar-refractivity contribution is -0.139. The Balaban J connectivity index is 1.64. The molecule has 0 bridgehead atoms. The molecule has 1 fully saturated rings. The Bertz CT molecular complexity index is 886. The molecule has 0 radical (unpaired) electrons. The lowest BCUT2D eigenvalue weighted by Gasteiger charge is -2.31. The van der Waals surface area contributed by atoms with E-state index in [4.69, 9.17) is 11.6 Å². The van der Waals surface area contributed by atoms with E-state index in [0.29, 0.717) is 17.3 Å². The minimum atomic E-state index is -0.534. The van der Waals surface area contributed by atoms with Gasteiger partial charge in [-0.25, -0.2) is 0 Å². The molecule has 0 aromatic heterocycles. The van der Waals surface area contributed by atoms with Gasteiger partial charge in [-0.05, 0) is 55.2 Å². The molecule has 172 valence electrons. The Kier molecular flexibility index (Phi) is 9.94. The molecule has 1 atom stereocenters. The van der Waals surface area contributed by atoms with Crippen LogP contribution in [0.2, 0.25) is 5.02 Å². The van der Waals surface area contributed by atoms with Gasteiger partial charge < -0.3 is 10.2 Å². The van der Waals surface area contributed by atoms with Crippen molar-refractivity contribution >= 4 is 51.1 Å². The predicted molar refractivity (Wildman–Crippen MR) is 137 cm³/mol. The summed E-state index contributed by atoms with van der Waals surface area (Å²) in [4.78, 5) is 27.9. The van der Waals surface area contributed by atoms with Gasteiger partial charge in [0.05, 0.1) is 5.75 Å². The van der Waals surface area contributed by atoms with Gasteiger partial charge in [0.15, 0.2) is 0 Å². The van der Waals surface area contributed by atoms with Gasteiger partial charge in [0.1, 0.15) is 6.04 Å². The number of halogens is 2. The van der Waals surface area contributed by atoms with Gasteiger partial charge >= 0.3 is 0 Å². The molecule has 32 heavy (non-hydrogen) atoms. The van der Waals surface area contributed by atoms with Gasteiger partial charge in [-0.15, -0.1) is 11.8 Å². The normalized spacial score (nSPS) is 15.2. The average molecular weight is 538 g/mol. The summed E-state index contributed by atoms with van der Waals surface area (Å²) < 4.78 is 1.04. The number of hydrogen-bond acceptors (Lipinski definition) is 3. The SMILES string of the molecule is C[C@H](C(=O)NC1CCCCC1)N(Cc1ccc(Cl)cc1)C(=O)CSCc1ccc(Br)cc1. The van der Waals surface area contributed by atoms with Gasteiger partial charge in [0, 0.05) is 27.8 Å². The largest absolute Gasteiger partial charge is 0.352 e. The van der Waals surface area contributed by atoms with Crippen molar-refractivity contribution in [3.05, 3.63) is 69.2 Å². The Morgan fingerprint density at radius 1 is 1.06 bits per heavy atom. The first-order chi connectivity index (χ1) is 15.4. The third kappa shape index (κ3) is 7.82. The number of hydrogen-bond donors (Lipinski definition) is 1. The van der Waals surface area contributed by atoms with Crippen LogP contribution in [0.3, 0.4) is 0 Å². The first-order valence-corrected chi connectivity index (χ1v) is 13.4. The molecule has 1 N–H and O–H groups in total. The van der Waals surface area contributed by atoms with Gasteiger partial charge in [0.25, 0.3) is 0 Å². The maximum Gasteiger partial charge on any atom is 0.242 e. The second kappa shape index (κ2) is 12.7. The summed E-state index contributed by atoms with van der Waals surface area (Å²) in [7, 11) is 0. The Labute approximate surface area is 208 Å². The lowest BCUT2D eigenvalue weighted by Crippen LogP contribution is -2.50. The van der Waals surface area contributed by atoms with E-state index in [-0.39, 0.29) is 17.9 Å². The second-order valence-electron chi connectivity index (χ2n) is 8.29. The van der Waals surface area contributed by atoms with Crippen LogP contribution in [0.15, 0.2) is 53.0 Å². The lowest BCUT2D eigenvalue weighted by atomic mass is 9.95. The summed E-state index contributed by atoms with van der Waals surface area (Å²) in [6.45, 7) is 2.21. The van der Waals surface area contributed by atoms with Gasteiger partial charge in [0.2, 0.25) is 11.8 Å². The highest BCUT2D eigenvalue weighted by Gasteiger charge is 2.28. The average Bonchev–Trinajstić information content (AvgIpc) is 2.80. The quantitative estimate of drug-likeness (QED) is 0.414. The van der Waals surface area contributed by atoms with Crippen LogP contribution in [0, 0.1) is 0 Å². The minimum Gasteiger partial charge on any atom is -0.352 e. The molecule has 1 saturated carbocycles. The third-order valence-corrected chi connectivity index (χ3v) is 7.56. The van der Waals surface area contributed by atoms with Crippen molar-refractivity contribution in [1.29, 1.82) is 0 Å². The number of amides is 2.